The van der Waals surface area contributed by atoms with E-state index in [4.69, 9.17) is 14.2 Å². The van der Waals surface area contributed by atoms with Crippen molar-refractivity contribution in [1.82, 2.24) is 20.2 Å². The molecule has 1 fully saturated rings. The van der Waals surface area contributed by atoms with Crippen LogP contribution in [0.15, 0.2) is 30.7 Å². The van der Waals surface area contributed by atoms with Gasteiger partial charge < -0.3 is 19.5 Å². The fourth-order valence-electron chi connectivity index (χ4n) is 4.53. The Morgan fingerprint density at radius 1 is 1.34 bits per heavy atom. The molecule has 1 amide bonds. The predicted octanol–water partition coefficient (Wildman–Crippen LogP) is 2.92. The molecule has 2 atom stereocenters. The quantitative estimate of drug-likeness (QED) is 0.569. The molecule has 4 rings (SSSR count). The van der Waals surface area contributed by atoms with E-state index in [0.717, 1.165) is 62.2 Å². The molecule has 172 valence electrons. The lowest BCUT2D eigenvalue weighted by atomic mass is 9.94. The van der Waals surface area contributed by atoms with Gasteiger partial charge in [-0.25, -0.2) is 9.97 Å². The van der Waals surface area contributed by atoms with E-state index in [0.29, 0.717) is 24.1 Å². The van der Waals surface area contributed by atoms with Crippen LogP contribution in [0.1, 0.15) is 49.8 Å². The van der Waals surface area contributed by atoms with Gasteiger partial charge in [0.2, 0.25) is 18.4 Å². The second kappa shape index (κ2) is 10.6. The second-order valence-electron chi connectivity index (χ2n) is 8.42. The molecule has 1 aromatic heterocycles. The van der Waals surface area contributed by atoms with Crippen LogP contribution in [-0.2, 0) is 11.2 Å². The minimum atomic E-state index is 0.0920. The number of nitrogens with zero attached hydrogens (tertiary/aromatic N) is 3. The fourth-order valence-corrected chi connectivity index (χ4v) is 4.53. The molecule has 1 N–H and O–H groups in total. The van der Waals surface area contributed by atoms with E-state index in [1.165, 1.54) is 0 Å². The van der Waals surface area contributed by atoms with Crippen molar-refractivity contribution < 1.29 is 19.0 Å². The molecule has 0 radical (unpaired) electrons. The number of aryl methyl sites for hydroxylation is 1. The van der Waals surface area contributed by atoms with Gasteiger partial charge in [-0.2, -0.15) is 0 Å². The van der Waals surface area contributed by atoms with Crippen LogP contribution in [0, 0.1) is 0 Å². The zero-order valence-electron chi connectivity index (χ0n) is 18.9. The highest BCUT2D eigenvalue weighted by atomic mass is 16.7. The molecule has 1 aromatic carbocycles. The van der Waals surface area contributed by atoms with Gasteiger partial charge in [-0.15, -0.1) is 0 Å². The van der Waals surface area contributed by atoms with Gasteiger partial charge in [0.25, 0.3) is 0 Å². The minimum Gasteiger partial charge on any atom is -0.493 e. The number of amides is 1. The highest BCUT2D eigenvalue weighted by Crippen LogP contribution is 2.45. The first-order valence-corrected chi connectivity index (χ1v) is 11.4. The molecular formula is C24H32N4O4. The lowest BCUT2D eigenvalue weighted by molar-refractivity contribution is -0.122. The molecule has 8 nitrogen and oxygen atoms in total. The SMILES string of the molecule is CCCCNC(=O)CN1CC(c2cc(OC)c3c(c2)OCO3)CC1CCc1ccncn1. The topological polar surface area (TPSA) is 85.8 Å². The molecule has 0 spiro atoms. The van der Waals surface area contributed by atoms with Crippen molar-refractivity contribution in [3.8, 4) is 17.2 Å². The number of carbonyl (C=O) groups excluding carboxylic acids is 1. The van der Waals surface area contributed by atoms with E-state index in [9.17, 15) is 4.79 Å². The number of benzene rings is 1. The van der Waals surface area contributed by atoms with Gasteiger partial charge in [-0.1, -0.05) is 13.3 Å². The van der Waals surface area contributed by atoms with E-state index in [1.54, 1.807) is 19.6 Å². The normalized spacial score (nSPS) is 19.8. The summed E-state index contributed by atoms with van der Waals surface area (Å²) >= 11 is 0. The third-order valence-electron chi connectivity index (χ3n) is 6.26. The molecule has 1 saturated heterocycles. The number of carbonyl (C=O) groups is 1. The van der Waals surface area contributed by atoms with Crippen LogP contribution in [0.4, 0.5) is 0 Å². The van der Waals surface area contributed by atoms with Crippen molar-refractivity contribution in [1.29, 1.82) is 0 Å². The number of rotatable bonds is 10. The Morgan fingerprint density at radius 2 is 2.25 bits per heavy atom. The van der Waals surface area contributed by atoms with Gasteiger partial charge in [0.1, 0.15) is 6.33 Å². The third kappa shape index (κ3) is 5.30. The zero-order chi connectivity index (χ0) is 22.3. The van der Waals surface area contributed by atoms with Crippen LogP contribution in [0.2, 0.25) is 0 Å². The van der Waals surface area contributed by atoms with E-state index in [1.807, 2.05) is 12.1 Å². The van der Waals surface area contributed by atoms with Crippen molar-refractivity contribution in [2.24, 2.45) is 0 Å². The summed E-state index contributed by atoms with van der Waals surface area (Å²) in [5, 5.41) is 3.05. The van der Waals surface area contributed by atoms with E-state index >= 15 is 0 Å². The number of unbranched alkanes of at least 4 members (excludes halogenated alkanes) is 1. The number of fused-ring (bicyclic) bond motifs is 1. The van der Waals surface area contributed by atoms with Crippen molar-refractivity contribution in [2.45, 2.75) is 51.0 Å². The Bertz CT molecular complexity index is 908. The number of hydrogen-bond donors (Lipinski definition) is 1. The van der Waals surface area contributed by atoms with Crippen LogP contribution < -0.4 is 19.5 Å². The van der Waals surface area contributed by atoms with Gasteiger partial charge >= 0.3 is 0 Å². The molecule has 2 aliphatic heterocycles. The molecular weight excluding hydrogens is 408 g/mol. The number of hydrogen-bond acceptors (Lipinski definition) is 7. The maximum atomic E-state index is 12.6. The molecule has 3 heterocycles. The van der Waals surface area contributed by atoms with Crippen molar-refractivity contribution in [3.05, 3.63) is 42.0 Å². The maximum absolute atomic E-state index is 12.6. The van der Waals surface area contributed by atoms with E-state index in [-0.39, 0.29) is 18.6 Å². The highest BCUT2D eigenvalue weighted by Gasteiger charge is 2.35. The molecule has 2 aromatic rings. The largest absolute Gasteiger partial charge is 0.493 e. The Kier molecular flexibility index (Phi) is 7.42. The molecule has 2 aliphatic rings. The first-order valence-electron chi connectivity index (χ1n) is 11.4. The van der Waals surface area contributed by atoms with Gasteiger partial charge in [0.05, 0.1) is 13.7 Å². The van der Waals surface area contributed by atoms with Crippen LogP contribution in [0.25, 0.3) is 0 Å². The number of likely N-dealkylation sites (tertiary alicyclic amines) is 1. The zero-order valence-corrected chi connectivity index (χ0v) is 18.9. The first kappa shape index (κ1) is 22.3. The van der Waals surface area contributed by atoms with Crippen molar-refractivity contribution in [3.63, 3.8) is 0 Å². The molecule has 8 heteroatoms. The summed E-state index contributed by atoms with van der Waals surface area (Å²) < 4.78 is 16.7. The highest BCUT2D eigenvalue weighted by molar-refractivity contribution is 5.78. The van der Waals surface area contributed by atoms with Gasteiger partial charge in [-0.3, -0.25) is 9.69 Å². The summed E-state index contributed by atoms with van der Waals surface area (Å²) in [4.78, 5) is 23.2. The number of ether oxygens (including phenoxy) is 3. The lowest BCUT2D eigenvalue weighted by Crippen LogP contribution is -2.40. The molecule has 2 unspecified atom stereocenters. The second-order valence-corrected chi connectivity index (χ2v) is 8.42. The summed E-state index contributed by atoms with van der Waals surface area (Å²) in [6.45, 7) is 4.30. The molecule has 0 saturated carbocycles. The average molecular weight is 441 g/mol. The smallest absolute Gasteiger partial charge is 0.234 e. The Hall–Kier alpha value is -2.87. The lowest BCUT2D eigenvalue weighted by Gasteiger charge is -2.23. The van der Waals surface area contributed by atoms with Gasteiger partial charge in [-0.05, 0) is 55.4 Å². The standard InChI is InChI=1S/C24H32N4O4/c1-3-4-8-26-23(29)14-28-13-18(10-20(28)6-5-19-7-9-25-15-27-19)17-11-21(30-2)24-22(12-17)31-16-32-24/h7,9,11-12,15,18,20H,3-6,8,10,13-14,16H2,1-2H3,(H,26,29). The van der Waals surface area contributed by atoms with E-state index < -0.39 is 0 Å². The number of aromatic nitrogens is 2. The van der Waals surface area contributed by atoms with Crippen LogP contribution in [0.5, 0.6) is 17.2 Å². The van der Waals surface area contributed by atoms with Crippen molar-refractivity contribution >= 4 is 5.91 Å². The van der Waals surface area contributed by atoms with Gasteiger partial charge in [0.15, 0.2) is 11.5 Å². The molecule has 0 bridgehead atoms. The fraction of sp³-hybridized carbons (Fsp3) is 0.542. The third-order valence-corrected chi connectivity index (χ3v) is 6.26. The summed E-state index contributed by atoms with van der Waals surface area (Å²) in [5.41, 5.74) is 2.19. The predicted molar refractivity (Wildman–Crippen MR) is 120 cm³/mol. The first-order chi connectivity index (χ1) is 15.7. The van der Waals surface area contributed by atoms with E-state index in [2.05, 4.69) is 33.2 Å². The monoisotopic (exact) mass is 440 g/mol. The van der Waals surface area contributed by atoms with Crippen LogP contribution in [0.3, 0.4) is 0 Å². The summed E-state index contributed by atoms with van der Waals surface area (Å²) in [5.74, 6) is 2.48. The summed E-state index contributed by atoms with van der Waals surface area (Å²) in [6.07, 6.45) is 8.20. The van der Waals surface area contributed by atoms with Crippen molar-refractivity contribution in [2.75, 3.05) is 33.5 Å². The van der Waals surface area contributed by atoms with Crippen LogP contribution in [-0.4, -0.2) is 60.4 Å². The summed E-state index contributed by atoms with van der Waals surface area (Å²) in [6, 6.07) is 6.35. The van der Waals surface area contributed by atoms with Gasteiger partial charge in [0, 0.05) is 31.0 Å². The minimum absolute atomic E-state index is 0.0920. The van der Waals surface area contributed by atoms with Crippen LogP contribution >= 0.6 is 0 Å². The molecule has 0 aliphatic carbocycles. The number of nitrogens with one attached hydrogen (secondary N) is 1. The Morgan fingerprint density at radius 3 is 3.03 bits per heavy atom. The average Bonchev–Trinajstić information content (AvgIpc) is 3.45. The number of methoxy groups -OCH3 is 1. The Balaban J connectivity index is 1.47. The summed E-state index contributed by atoms with van der Waals surface area (Å²) in [7, 11) is 1.65. The molecule has 32 heavy (non-hydrogen) atoms. The Labute approximate surface area is 189 Å². The maximum Gasteiger partial charge on any atom is 0.234 e.